The lowest BCUT2D eigenvalue weighted by atomic mass is 10.0. The van der Waals surface area contributed by atoms with Gasteiger partial charge in [-0.3, -0.25) is 9.69 Å². The molecule has 0 radical (unpaired) electrons. The monoisotopic (exact) mass is 628 g/mol. The molecule has 0 spiro atoms. The minimum Gasteiger partial charge on any atom is -0.460 e. The van der Waals surface area contributed by atoms with Crippen molar-refractivity contribution in [3.05, 3.63) is 98.6 Å². The van der Waals surface area contributed by atoms with Gasteiger partial charge in [-0.15, -0.1) is 13.2 Å². The maximum atomic E-state index is 12.9. The number of halogens is 7. The summed E-state index contributed by atoms with van der Waals surface area (Å²) < 4.78 is 85.9. The number of aromatic nitrogens is 1. The van der Waals surface area contributed by atoms with Crippen LogP contribution in [0.3, 0.4) is 0 Å². The van der Waals surface area contributed by atoms with Crippen LogP contribution in [0.5, 0.6) is 5.75 Å². The van der Waals surface area contributed by atoms with Crippen LogP contribution in [-0.2, 0) is 17.9 Å². The van der Waals surface area contributed by atoms with Crippen molar-refractivity contribution < 1.29 is 45.1 Å². The summed E-state index contributed by atoms with van der Waals surface area (Å²) in [6, 6.07) is 15.4. The normalized spacial score (nSPS) is 12.1. The van der Waals surface area contributed by atoms with Gasteiger partial charge < -0.3 is 14.0 Å². The van der Waals surface area contributed by atoms with Crippen LogP contribution in [0.2, 0.25) is 5.02 Å². The van der Waals surface area contributed by atoms with Gasteiger partial charge in [-0.25, -0.2) is 4.79 Å². The number of benzene rings is 2. The predicted octanol–water partition coefficient (Wildman–Crippen LogP) is 7.09. The first-order valence-corrected chi connectivity index (χ1v) is 12.8. The Hall–Kier alpha value is -4.23. The molecule has 7 nitrogen and oxygen atoms in total. The summed E-state index contributed by atoms with van der Waals surface area (Å²) in [5.74, 6) is -1.67. The number of furan rings is 1. The quantitative estimate of drug-likeness (QED) is 0.194. The number of hydrogen-bond donors (Lipinski definition) is 0. The van der Waals surface area contributed by atoms with Gasteiger partial charge in [0, 0.05) is 12.1 Å². The summed E-state index contributed by atoms with van der Waals surface area (Å²) in [6.07, 6.45) is -10.0. The minimum atomic E-state index is -5.26. The number of carbonyl (C=O) groups is 1. The standard InChI is InChI=1S/C29H23ClF6N2O5/c1-16-24(26(39)25(30)17(2)38(16)43-27(40)28(31,32)33)20-8-6-19(7-9-20)23-13-12-22(41-23)15-37(3)14-18-4-10-21(11-5-18)42-29(34,35)36/h4-13H,14-15H2,1-3H3. The Morgan fingerprint density at radius 3 is 2.07 bits per heavy atom. The Morgan fingerprint density at radius 2 is 1.49 bits per heavy atom. The van der Waals surface area contributed by atoms with Crippen LogP contribution in [0.4, 0.5) is 26.3 Å². The maximum Gasteiger partial charge on any atom is 0.573 e. The van der Waals surface area contributed by atoms with E-state index in [0.29, 0.717) is 40.5 Å². The molecule has 14 heteroatoms. The molecule has 2 heterocycles. The highest BCUT2D eigenvalue weighted by molar-refractivity contribution is 6.31. The fourth-order valence-electron chi connectivity index (χ4n) is 4.34. The van der Waals surface area contributed by atoms with Gasteiger partial charge in [0.2, 0.25) is 5.43 Å². The van der Waals surface area contributed by atoms with Crippen molar-refractivity contribution in [3.8, 4) is 28.2 Å². The van der Waals surface area contributed by atoms with E-state index < -0.39 is 29.0 Å². The molecule has 0 N–H and O–H groups in total. The Kier molecular flexibility index (Phi) is 8.97. The molecule has 43 heavy (non-hydrogen) atoms. The SMILES string of the molecule is Cc1c(Cl)c(=O)c(-c2ccc(-c3ccc(CN(C)Cc4ccc(OC(F)(F)F)cc4)o3)cc2)c(C)n1OC(=O)C(F)(F)F. The fraction of sp³-hybridized carbons (Fsp3) is 0.241. The topological polar surface area (TPSA) is 73.9 Å². The van der Waals surface area contributed by atoms with Crippen molar-refractivity contribution in [3.63, 3.8) is 0 Å². The van der Waals surface area contributed by atoms with Crippen molar-refractivity contribution in [2.24, 2.45) is 0 Å². The first kappa shape index (κ1) is 31.7. The molecule has 0 aliphatic heterocycles. The molecule has 4 rings (SSSR count). The average molecular weight is 629 g/mol. The van der Waals surface area contributed by atoms with Gasteiger partial charge in [-0.2, -0.15) is 17.9 Å². The summed E-state index contributed by atoms with van der Waals surface area (Å²) in [7, 11) is 1.81. The molecule has 0 amide bonds. The molecular formula is C29H23ClF6N2O5. The largest absolute Gasteiger partial charge is 0.573 e. The summed E-state index contributed by atoms with van der Waals surface area (Å²) in [6.45, 7) is 3.39. The fourth-order valence-corrected chi connectivity index (χ4v) is 4.51. The van der Waals surface area contributed by atoms with Crippen molar-refractivity contribution in [2.75, 3.05) is 7.05 Å². The van der Waals surface area contributed by atoms with Crippen LogP contribution >= 0.6 is 11.6 Å². The third-order valence-electron chi connectivity index (χ3n) is 6.28. The second kappa shape index (κ2) is 12.2. The zero-order valence-corrected chi connectivity index (χ0v) is 23.5. The number of pyridine rings is 1. The second-order valence-electron chi connectivity index (χ2n) is 9.57. The second-order valence-corrected chi connectivity index (χ2v) is 9.95. The number of alkyl halides is 6. The number of hydrogen-bond acceptors (Lipinski definition) is 6. The number of rotatable bonds is 8. The Bertz CT molecular complexity index is 1680. The van der Waals surface area contributed by atoms with E-state index in [-0.39, 0.29) is 22.7 Å². The third-order valence-corrected chi connectivity index (χ3v) is 6.72. The van der Waals surface area contributed by atoms with Crippen molar-refractivity contribution in [1.82, 2.24) is 9.63 Å². The van der Waals surface area contributed by atoms with Gasteiger partial charge in [0.05, 0.1) is 23.5 Å². The lowest BCUT2D eigenvalue weighted by molar-refractivity contribution is -0.274. The van der Waals surface area contributed by atoms with Crippen molar-refractivity contribution in [2.45, 2.75) is 39.5 Å². The van der Waals surface area contributed by atoms with Crippen LogP contribution < -0.4 is 15.0 Å². The highest BCUT2D eigenvalue weighted by atomic mass is 35.5. The van der Waals surface area contributed by atoms with E-state index in [4.69, 9.17) is 16.0 Å². The molecule has 0 atom stereocenters. The van der Waals surface area contributed by atoms with Crippen LogP contribution in [0, 0.1) is 13.8 Å². The molecule has 0 aliphatic carbocycles. The highest BCUT2D eigenvalue weighted by Crippen LogP contribution is 2.29. The van der Waals surface area contributed by atoms with E-state index in [0.717, 1.165) is 5.56 Å². The van der Waals surface area contributed by atoms with Crippen LogP contribution in [-0.4, -0.2) is 35.2 Å². The van der Waals surface area contributed by atoms with Crippen LogP contribution in [0.15, 0.2) is 69.9 Å². The summed E-state index contributed by atoms with van der Waals surface area (Å²) in [4.78, 5) is 30.8. The molecule has 2 aromatic carbocycles. The van der Waals surface area contributed by atoms with E-state index in [1.165, 1.54) is 38.1 Å². The lowest BCUT2D eigenvalue weighted by Gasteiger charge is -2.18. The van der Waals surface area contributed by atoms with Gasteiger partial charge in [-0.1, -0.05) is 48.0 Å². The summed E-state index contributed by atoms with van der Waals surface area (Å²) in [5, 5.41) is -0.398. The van der Waals surface area contributed by atoms with Gasteiger partial charge in [0.15, 0.2) is 0 Å². The van der Waals surface area contributed by atoms with E-state index in [2.05, 4.69) is 9.57 Å². The zero-order valence-electron chi connectivity index (χ0n) is 22.8. The minimum absolute atomic E-state index is 0.0446. The van der Waals surface area contributed by atoms with E-state index in [1.54, 1.807) is 36.4 Å². The smallest absolute Gasteiger partial charge is 0.460 e. The van der Waals surface area contributed by atoms with E-state index >= 15 is 0 Å². The van der Waals surface area contributed by atoms with Crippen LogP contribution in [0.25, 0.3) is 22.5 Å². The Balaban J connectivity index is 1.48. The van der Waals surface area contributed by atoms with Gasteiger partial charge in [-0.05, 0) is 56.3 Å². The molecule has 0 unspecified atom stereocenters. The van der Waals surface area contributed by atoms with Gasteiger partial charge in [0.1, 0.15) is 22.3 Å². The molecular weight excluding hydrogens is 606 g/mol. The summed E-state index contributed by atoms with van der Waals surface area (Å²) >= 11 is 6.09. The van der Waals surface area contributed by atoms with Crippen molar-refractivity contribution >= 4 is 17.6 Å². The lowest BCUT2D eigenvalue weighted by Crippen LogP contribution is -2.36. The first-order valence-electron chi connectivity index (χ1n) is 12.5. The van der Waals surface area contributed by atoms with Crippen LogP contribution in [0.1, 0.15) is 22.7 Å². The molecule has 4 aromatic rings. The molecule has 2 aromatic heterocycles. The zero-order chi connectivity index (χ0) is 31.7. The number of carbonyl (C=O) groups excluding carboxylic acids is 1. The summed E-state index contributed by atoms with van der Waals surface area (Å²) in [5.41, 5.74) is 0.816. The van der Waals surface area contributed by atoms with Crippen molar-refractivity contribution in [1.29, 1.82) is 0 Å². The molecule has 0 aliphatic rings. The predicted molar refractivity (Wildman–Crippen MR) is 144 cm³/mol. The molecule has 0 saturated heterocycles. The molecule has 0 bridgehead atoms. The molecule has 228 valence electrons. The third kappa shape index (κ3) is 7.59. The van der Waals surface area contributed by atoms with Gasteiger partial charge >= 0.3 is 18.5 Å². The Morgan fingerprint density at radius 1 is 0.884 bits per heavy atom. The number of ether oxygens (including phenoxy) is 1. The first-order chi connectivity index (χ1) is 20.0. The van der Waals surface area contributed by atoms with Gasteiger partial charge in [0.25, 0.3) is 0 Å². The number of nitrogens with zero attached hydrogens (tertiary/aromatic N) is 2. The van der Waals surface area contributed by atoms with E-state index in [9.17, 15) is 35.9 Å². The molecule has 0 saturated carbocycles. The average Bonchev–Trinajstić information content (AvgIpc) is 3.38. The molecule has 0 fully saturated rings. The van der Waals surface area contributed by atoms with E-state index in [1.807, 2.05) is 11.9 Å². The Labute approximate surface area is 245 Å². The maximum absolute atomic E-state index is 12.9. The highest BCUT2D eigenvalue weighted by Gasteiger charge is 2.42.